The van der Waals surface area contributed by atoms with E-state index in [2.05, 4.69) is 31.1 Å². The quantitative estimate of drug-likeness (QED) is 0.468. The van der Waals surface area contributed by atoms with E-state index in [9.17, 15) is 19.5 Å². The fraction of sp³-hybridized carbons (Fsp3) is 0.625. The van der Waals surface area contributed by atoms with Gasteiger partial charge >= 0.3 is 11.9 Å². The van der Waals surface area contributed by atoms with E-state index in [4.69, 9.17) is 4.74 Å². The monoisotopic (exact) mass is 445 g/mol. The number of nitrogens with one attached hydrogen (secondary N) is 1. The van der Waals surface area contributed by atoms with Crippen molar-refractivity contribution < 1.29 is 24.2 Å². The Morgan fingerprint density at radius 2 is 1.97 bits per heavy atom. The van der Waals surface area contributed by atoms with Gasteiger partial charge in [-0.25, -0.2) is 5.43 Å². The highest BCUT2D eigenvalue weighted by molar-refractivity contribution is 5.99. The van der Waals surface area contributed by atoms with Gasteiger partial charge in [-0.2, -0.15) is 0 Å². The van der Waals surface area contributed by atoms with Gasteiger partial charge in [-0.15, -0.1) is 0 Å². The maximum absolute atomic E-state index is 12.8. The second-order valence-corrected chi connectivity index (χ2v) is 9.55. The molecule has 2 N–H and O–H groups in total. The lowest BCUT2D eigenvalue weighted by Gasteiger charge is -2.48. The van der Waals surface area contributed by atoms with E-state index in [1.165, 1.54) is 5.01 Å². The average Bonchev–Trinajstić information content (AvgIpc) is 3.13. The van der Waals surface area contributed by atoms with E-state index in [0.29, 0.717) is 31.8 Å². The van der Waals surface area contributed by atoms with Gasteiger partial charge in [0.1, 0.15) is 12.5 Å². The Kier molecular flexibility index (Phi) is 7.56. The maximum atomic E-state index is 12.8. The third-order valence-electron chi connectivity index (χ3n) is 7.12. The summed E-state index contributed by atoms with van der Waals surface area (Å²) in [5.41, 5.74) is 3.79. The third kappa shape index (κ3) is 5.30. The van der Waals surface area contributed by atoms with Crippen LogP contribution in [0.4, 0.5) is 0 Å². The largest absolute Gasteiger partial charge is 0.481 e. The summed E-state index contributed by atoms with van der Waals surface area (Å²) < 4.78 is 5.34. The van der Waals surface area contributed by atoms with Gasteiger partial charge in [0.2, 0.25) is 0 Å². The molecule has 1 saturated heterocycles. The van der Waals surface area contributed by atoms with Crippen molar-refractivity contribution in [3.63, 3.8) is 0 Å². The third-order valence-corrected chi connectivity index (χ3v) is 7.12. The minimum Gasteiger partial charge on any atom is -0.481 e. The first-order chi connectivity index (χ1) is 15.1. The highest BCUT2D eigenvalue weighted by atomic mass is 16.5. The van der Waals surface area contributed by atoms with Gasteiger partial charge in [0, 0.05) is 24.2 Å². The highest BCUT2D eigenvalue weighted by Gasteiger charge is 2.46. The molecular weight excluding hydrogens is 410 g/mol. The summed E-state index contributed by atoms with van der Waals surface area (Å²) in [5.74, 6) is -3.22. The summed E-state index contributed by atoms with van der Waals surface area (Å²) in [5, 5.41) is 11.3. The Labute approximate surface area is 189 Å². The Hall–Kier alpha value is -2.45. The topological polar surface area (TPSA) is 99.2 Å². The van der Waals surface area contributed by atoms with Gasteiger partial charge in [0.25, 0.3) is 5.91 Å². The number of hydrogen-bond acceptors (Lipinski definition) is 6. The molecule has 8 heteroatoms. The maximum Gasteiger partial charge on any atom is 0.318 e. The van der Waals surface area contributed by atoms with Gasteiger partial charge in [-0.1, -0.05) is 30.3 Å². The molecule has 0 radical (unpaired) electrons. The summed E-state index contributed by atoms with van der Waals surface area (Å²) in [6, 6.07) is 9.28. The zero-order valence-corrected chi connectivity index (χ0v) is 19.4. The first kappa shape index (κ1) is 24.2. The summed E-state index contributed by atoms with van der Waals surface area (Å²) in [4.78, 5) is 39.6. The fourth-order valence-corrected chi connectivity index (χ4v) is 4.80. The lowest BCUT2D eigenvalue weighted by atomic mass is 9.73. The van der Waals surface area contributed by atoms with Crippen LogP contribution in [0.25, 0.3) is 0 Å². The number of hydrazine groups is 1. The van der Waals surface area contributed by atoms with Crippen LogP contribution >= 0.6 is 0 Å². The number of nitrogens with zero attached hydrogens (tertiary/aromatic N) is 2. The molecule has 1 aliphatic carbocycles. The molecular formula is C24H35N3O5. The summed E-state index contributed by atoms with van der Waals surface area (Å²) in [6.45, 7) is 6.80. The number of ether oxygens (including phenoxy) is 1. The molecule has 3 rings (SSSR count). The van der Waals surface area contributed by atoms with Crippen LogP contribution in [-0.4, -0.2) is 64.1 Å². The molecule has 176 valence electrons. The van der Waals surface area contributed by atoms with Crippen molar-refractivity contribution in [3.8, 4) is 0 Å². The second-order valence-electron chi connectivity index (χ2n) is 9.55. The second kappa shape index (κ2) is 10.0. The molecule has 1 aromatic carbocycles. The van der Waals surface area contributed by atoms with E-state index < -0.39 is 23.8 Å². The molecule has 2 aliphatic rings. The number of esters is 1. The zero-order chi connectivity index (χ0) is 23.5. The van der Waals surface area contributed by atoms with Crippen LogP contribution in [0.1, 0.15) is 52.0 Å². The number of carboxylic acids is 1. The molecule has 0 spiro atoms. The molecule has 0 aromatic heterocycles. The van der Waals surface area contributed by atoms with Crippen LogP contribution in [0.5, 0.6) is 0 Å². The first-order valence-corrected chi connectivity index (χ1v) is 11.4. The van der Waals surface area contributed by atoms with Crippen LogP contribution in [0.3, 0.4) is 0 Å². The van der Waals surface area contributed by atoms with Gasteiger partial charge < -0.3 is 9.84 Å². The standard InChI is InChI=1S/C24H35N3O5/c1-16(2)26(4)24(3)12-10-20(19(14-24)22(29)30)25-27-13-11-18(21(27)28)23(31)32-15-17-8-6-5-7-9-17/h5-9,16,18-20,25H,10-15H2,1-4H3,(H,29,30)/t18-,19-,20-,24+/m0/s1. The number of benzene rings is 1. The Morgan fingerprint density at radius 1 is 1.28 bits per heavy atom. The summed E-state index contributed by atoms with van der Waals surface area (Å²) in [6.07, 6.45) is 2.32. The van der Waals surface area contributed by atoms with Gasteiger partial charge in [-0.3, -0.25) is 24.3 Å². The number of rotatable bonds is 8. The highest BCUT2D eigenvalue weighted by Crippen LogP contribution is 2.38. The minimum absolute atomic E-state index is 0.128. The molecule has 4 atom stereocenters. The molecule has 0 unspecified atom stereocenters. The van der Waals surface area contributed by atoms with Crippen LogP contribution < -0.4 is 5.43 Å². The number of carboxylic acid groups (broad SMARTS) is 1. The lowest BCUT2D eigenvalue weighted by molar-refractivity contribution is -0.156. The van der Waals surface area contributed by atoms with Crippen molar-refractivity contribution in [1.82, 2.24) is 15.3 Å². The smallest absolute Gasteiger partial charge is 0.318 e. The molecule has 32 heavy (non-hydrogen) atoms. The van der Waals surface area contributed by atoms with Gasteiger partial charge in [0.05, 0.1) is 5.92 Å². The lowest BCUT2D eigenvalue weighted by Crippen LogP contribution is -2.59. The number of amides is 1. The summed E-state index contributed by atoms with van der Waals surface area (Å²) >= 11 is 0. The molecule has 0 bridgehead atoms. The van der Waals surface area contributed by atoms with E-state index >= 15 is 0 Å². The van der Waals surface area contributed by atoms with Crippen LogP contribution in [0.15, 0.2) is 30.3 Å². The normalized spacial score (nSPS) is 28.4. The Bertz CT molecular complexity index is 830. The first-order valence-electron chi connectivity index (χ1n) is 11.4. The van der Waals surface area contributed by atoms with Crippen molar-refractivity contribution in [2.45, 2.75) is 70.7 Å². The zero-order valence-electron chi connectivity index (χ0n) is 19.4. The summed E-state index contributed by atoms with van der Waals surface area (Å²) in [7, 11) is 2.03. The van der Waals surface area contributed by atoms with E-state index in [1.54, 1.807) is 0 Å². The minimum atomic E-state index is -0.865. The fourth-order valence-electron chi connectivity index (χ4n) is 4.80. The van der Waals surface area contributed by atoms with E-state index in [-0.39, 0.29) is 24.1 Å². The molecule has 1 heterocycles. The molecule has 1 aliphatic heterocycles. The van der Waals surface area contributed by atoms with Crippen LogP contribution in [-0.2, 0) is 25.7 Å². The van der Waals surface area contributed by atoms with Crippen molar-refractivity contribution >= 4 is 17.8 Å². The molecule has 2 fully saturated rings. The number of aliphatic carboxylic acids is 1. The van der Waals surface area contributed by atoms with E-state index in [0.717, 1.165) is 12.0 Å². The SMILES string of the molecule is CC(C)N(C)[C@]1(C)CC[C@H](NN2CC[C@H](C(=O)OCc3ccccc3)C2=O)[C@@H](C(=O)O)C1. The van der Waals surface area contributed by atoms with Gasteiger partial charge in [-0.05, 0) is 59.1 Å². The molecule has 8 nitrogen and oxygen atoms in total. The Morgan fingerprint density at radius 3 is 2.59 bits per heavy atom. The van der Waals surface area contributed by atoms with E-state index in [1.807, 2.05) is 37.4 Å². The molecule has 1 aromatic rings. The van der Waals surface area contributed by atoms with Crippen molar-refractivity contribution in [2.75, 3.05) is 13.6 Å². The number of carbonyl (C=O) groups excluding carboxylic acids is 2. The van der Waals surface area contributed by atoms with Crippen molar-refractivity contribution in [2.24, 2.45) is 11.8 Å². The molecule has 1 amide bonds. The van der Waals surface area contributed by atoms with Crippen molar-refractivity contribution in [1.29, 1.82) is 0 Å². The number of hydrogen-bond donors (Lipinski definition) is 2. The predicted octanol–water partition coefficient (Wildman–Crippen LogP) is 2.44. The molecule has 1 saturated carbocycles. The average molecular weight is 446 g/mol. The Balaban J connectivity index is 1.59. The number of carbonyl (C=O) groups is 3. The van der Waals surface area contributed by atoms with Crippen LogP contribution in [0.2, 0.25) is 0 Å². The van der Waals surface area contributed by atoms with Gasteiger partial charge in [0.15, 0.2) is 0 Å². The predicted molar refractivity (Wildman–Crippen MR) is 119 cm³/mol. The van der Waals surface area contributed by atoms with Crippen molar-refractivity contribution in [3.05, 3.63) is 35.9 Å². The van der Waals surface area contributed by atoms with Crippen LogP contribution in [0, 0.1) is 11.8 Å².